The Bertz CT molecular complexity index is 652. The molecule has 3 heterocycles. The van der Waals surface area contributed by atoms with E-state index in [1.54, 1.807) is 6.20 Å². The number of fused-ring (bicyclic) bond motifs is 1. The van der Waals surface area contributed by atoms with Gasteiger partial charge in [0.05, 0.1) is 12.0 Å². The van der Waals surface area contributed by atoms with Gasteiger partial charge in [0.2, 0.25) is 0 Å². The maximum Gasteiger partial charge on any atom is 0.173 e. The highest BCUT2D eigenvalue weighted by Gasteiger charge is 2.45. The molecule has 0 amide bonds. The van der Waals surface area contributed by atoms with Gasteiger partial charge in [-0.15, -0.1) is 0 Å². The second-order valence-corrected chi connectivity index (χ2v) is 5.38. The lowest BCUT2D eigenvalue weighted by Gasteiger charge is -2.15. The minimum absolute atomic E-state index is 0.258. The highest BCUT2D eigenvalue weighted by Crippen LogP contribution is 2.37. The van der Waals surface area contributed by atoms with Crippen molar-refractivity contribution in [2.75, 3.05) is 12.3 Å². The van der Waals surface area contributed by atoms with Crippen LogP contribution in [-0.2, 0) is 4.74 Å². The first-order valence-corrected chi connectivity index (χ1v) is 6.69. The molecule has 4 N–H and O–H groups in total. The lowest BCUT2D eigenvalue weighted by molar-refractivity contribution is -0.0457. The zero-order valence-corrected chi connectivity index (χ0v) is 11.7. The summed E-state index contributed by atoms with van der Waals surface area (Å²) < 4.78 is 21.5. The van der Waals surface area contributed by atoms with Crippen molar-refractivity contribution in [3.05, 3.63) is 17.0 Å². The first-order valence-electron chi connectivity index (χ1n) is 5.89. The molecule has 3 rings (SSSR count). The topological polar surface area (TPSA) is 106 Å². The van der Waals surface area contributed by atoms with Gasteiger partial charge in [0.15, 0.2) is 12.4 Å². The standard InChI is InChI=1S/C11H12BrFN4O3/c12-4-1-17(10-6(4)9(14)15-3-16-10)11-7(13)8(19)5(2-18)20-11/h1,3,5,7-8,11,18-19H,2H2,(H2,14,15,16)/t5-,7+,8-,11-/m1/s1. The number of hydrogen-bond acceptors (Lipinski definition) is 6. The predicted molar refractivity (Wildman–Crippen MR) is 71.5 cm³/mol. The minimum Gasteiger partial charge on any atom is -0.394 e. The third-order valence-corrected chi connectivity index (χ3v) is 3.94. The highest BCUT2D eigenvalue weighted by molar-refractivity contribution is 9.10. The van der Waals surface area contributed by atoms with Gasteiger partial charge < -0.3 is 25.3 Å². The van der Waals surface area contributed by atoms with Crippen LogP contribution >= 0.6 is 15.9 Å². The Morgan fingerprint density at radius 1 is 1.50 bits per heavy atom. The summed E-state index contributed by atoms with van der Waals surface area (Å²) in [5.41, 5.74) is 6.16. The summed E-state index contributed by atoms with van der Waals surface area (Å²) in [6, 6.07) is 0. The van der Waals surface area contributed by atoms with Crippen LogP contribution in [-0.4, -0.2) is 49.7 Å². The molecule has 1 aliphatic heterocycles. The number of nitrogen functional groups attached to an aromatic ring is 1. The molecule has 0 spiro atoms. The predicted octanol–water partition coefficient (Wildman–Crippen LogP) is 0.365. The van der Waals surface area contributed by atoms with E-state index >= 15 is 0 Å². The second kappa shape index (κ2) is 4.92. The fraction of sp³-hybridized carbons (Fsp3) is 0.455. The van der Waals surface area contributed by atoms with Crippen molar-refractivity contribution >= 4 is 32.8 Å². The molecular formula is C11H12BrFN4O3. The van der Waals surface area contributed by atoms with Crippen LogP contribution < -0.4 is 5.73 Å². The van der Waals surface area contributed by atoms with Gasteiger partial charge in [-0.1, -0.05) is 0 Å². The van der Waals surface area contributed by atoms with Crippen LogP contribution in [0.15, 0.2) is 17.0 Å². The van der Waals surface area contributed by atoms with Gasteiger partial charge in [0.25, 0.3) is 0 Å². The highest BCUT2D eigenvalue weighted by atomic mass is 79.9. The number of rotatable bonds is 2. The zero-order valence-electron chi connectivity index (χ0n) is 10.1. The number of aliphatic hydroxyl groups is 2. The Balaban J connectivity index is 2.10. The number of ether oxygens (including phenoxy) is 1. The number of aliphatic hydroxyl groups excluding tert-OH is 2. The Morgan fingerprint density at radius 2 is 2.25 bits per heavy atom. The van der Waals surface area contributed by atoms with E-state index < -0.39 is 31.2 Å². The molecule has 20 heavy (non-hydrogen) atoms. The molecule has 0 aliphatic carbocycles. The van der Waals surface area contributed by atoms with Crippen LogP contribution in [0.4, 0.5) is 10.2 Å². The van der Waals surface area contributed by atoms with Crippen molar-refractivity contribution in [2.24, 2.45) is 0 Å². The molecule has 0 unspecified atom stereocenters. The van der Waals surface area contributed by atoms with E-state index in [1.807, 2.05) is 0 Å². The van der Waals surface area contributed by atoms with Crippen LogP contribution in [0.2, 0.25) is 0 Å². The van der Waals surface area contributed by atoms with Crippen molar-refractivity contribution in [3.8, 4) is 0 Å². The summed E-state index contributed by atoms with van der Waals surface area (Å²) >= 11 is 3.31. The molecular weight excluding hydrogens is 335 g/mol. The number of halogens is 2. The smallest absolute Gasteiger partial charge is 0.173 e. The van der Waals surface area contributed by atoms with E-state index in [-0.39, 0.29) is 5.82 Å². The van der Waals surface area contributed by atoms with E-state index in [0.29, 0.717) is 15.5 Å². The summed E-state index contributed by atoms with van der Waals surface area (Å²) in [6.07, 6.45) is -2.27. The largest absolute Gasteiger partial charge is 0.394 e. The monoisotopic (exact) mass is 346 g/mol. The quantitative estimate of drug-likeness (QED) is 0.725. The summed E-state index contributed by atoms with van der Waals surface area (Å²) in [5.74, 6) is 0.258. The van der Waals surface area contributed by atoms with Crippen molar-refractivity contribution in [3.63, 3.8) is 0 Å². The van der Waals surface area contributed by atoms with Crippen LogP contribution in [0.1, 0.15) is 6.23 Å². The number of alkyl halides is 1. The second-order valence-electron chi connectivity index (χ2n) is 4.52. The maximum absolute atomic E-state index is 14.1. The van der Waals surface area contributed by atoms with Crippen molar-refractivity contribution in [1.82, 2.24) is 14.5 Å². The zero-order chi connectivity index (χ0) is 14.4. The van der Waals surface area contributed by atoms with Crippen LogP contribution in [0.3, 0.4) is 0 Å². The third kappa shape index (κ3) is 1.89. The van der Waals surface area contributed by atoms with Gasteiger partial charge >= 0.3 is 0 Å². The number of anilines is 1. The van der Waals surface area contributed by atoms with Crippen LogP contribution in [0.5, 0.6) is 0 Å². The first kappa shape index (κ1) is 13.7. The van der Waals surface area contributed by atoms with Crippen molar-refractivity contribution < 1.29 is 19.3 Å². The van der Waals surface area contributed by atoms with Gasteiger partial charge in [-0.05, 0) is 15.9 Å². The van der Waals surface area contributed by atoms with E-state index in [4.69, 9.17) is 15.6 Å². The fourth-order valence-electron chi connectivity index (χ4n) is 2.33. The van der Waals surface area contributed by atoms with E-state index in [9.17, 15) is 9.50 Å². The molecule has 1 saturated heterocycles. The summed E-state index contributed by atoms with van der Waals surface area (Å²) in [5, 5.41) is 19.3. The van der Waals surface area contributed by atoms with Gasteiger partial charge in [-0.3, -0.25) is 0 Å². The summed E-state index contributed by atoms with van der Waals surface area (Å²) in [4.78, 5) is 7.94. The Morgan fingerprint density at radius 3 is 2.90 bits per heavy atom. The van der Waals surface area contributed by atoms with E-state index in [2.05, 4.69) is 25.9 Å². The molecule has 2 aromatic rings. The van der Waals surface area contributed by atoms with Gasteiger partial charge in [0.1, 0.15) is 30.0 Å². The SMILES string of the molecule is Nc1ncnc2c1c(Br)cn2[C@@H]1O[C@H](CO)[C@@H](O)[C@@H]1F. The van der Waals surface area contributed by atoms with Crippen molar-refractivity contribution in [1.29, 1.82) is 0 Å². The number of nitrogens with zero attached hydrogens (tertiary/aromatic N) is 3. The van der Waals surface area contributed by atoms with Gasteiger partial charge in [0, 0.05) is 10.7 Å². The van der Waals surface area contributed by atoms with Crippen molar-refractivity contribution in [2.45, 2.75) is 24.6 Å². The molecule has 0 aromatic carbocycles. The minimum atomic E-state index is -1.68. The summed E-state index contributed by atoms with van der Waals surface area (Å²) in [6.45, 7) is -0.463. The van der Waals surface area contributed by atoms with Gasteiger partial charge in [-0.2, -0.15) is 0 Å². The number of nitrogens with two attached hydrogens (primary N) is 1. The molecule has 0 saturated carbocycles. The normalized spacial score (nSPS) is 30.2. The summed E-state index contributed by atoms with van der Waals surface area (Å²) in [7, 11) is 0. The molecule has 7 nitrogen and oxygen atoms in total. The van der Waals surface area contributed by atoms with Crippen LogP contribution in [0, 0.1) is 0 Å². The van der Waals surface area contributed by atoms with E-state index in [0.717, 1.165) is 0 Å². The Hall–Kier alpha value is -1.29. The fourth-order valence-corrected chi connectivity index (χ4v) is 2.94. The molecule has 108 valence electrons. The molecule has 1 fully saturated rings. The lowest BCUT2D eigenvalue weighted by Crippen LogP contribution is -2.30. The Labute approximate surface area is 121 Å². The number of hydrogen-bond donors (Lipinski definition) is 3. The van der Waals surface area contributed by atoms with Gasteiger partial charge in [-0.25, -0.2) is 14.4 Å². The maximum atomic E-state index is 14.1. The average molecular weight is 347 g/mol. The molecule has 0 bridgehead atoms. The van der Waals surface area contributed by atoms with Crippen LogP contribution in [0.25, 0.3) is 11.0 Å². The molecule has 4 atom stereocenters. The number of aromatic nitrogens is 3. The first-order chi connectivity index (χ1) is 9.54. The average Bonchev–Trinajstić information content (AvgIpc) is 2.90. The Kier molecular flexibility index (Phi) is 3.36. The molecule has 1 aliphatic rings. The van der Waals surface area contributed by atoms with E-state index in [1.165, 1.54) is 10.9 Å². The molecule has 0 radical (unpaired) electrons. The molecule has 9 heteroatoms. The lowest BCUT2D eigenvalue weighted by atomic mass is 10.1. The third-order valence-electron chi connectivity index (χ3n) is 3.34. The molecule has 2 aromatic heterocycles.